The van der Waals surface area contributed by atoms with E-state index < -0.39 is 21.2 Å². The number of amides is 2. The Morgan fingerprint density at radius 2 is 1.41 bits per heavy atom. The molecule has 194 valence electrons. The zero-order chi connectivity index (χ0) is 27.3. The van der Waals surface area contributed by atoms with E-state index in [0.29, 0.717) is 17.8 Å². The fourth-order valence-corrected chi connectivity index (χ4v) is 4.58. The van der Waals surface area contributed by atoms with Crippen LogP contribution in [0.3, 0.4) is 0 Å². The topological polar surface area (TPSA) is 169 Å². The molecule has 0 heterocycles. The number of non-ortho nitro benzene ring substituents is 2. The van der Waals surface area contributed by atoms with Gasteiger partial charge in [-0.2, -0.15) is 0 Å². The van der Waals surface area contributed by atoms with Crippen LogP contribution in [-0.4, -0.2) is 31.9 Å². The minimum Gasteiger partial charge on any atom is -0.332 e. The number of nitro groups is 2. The molecule has 1 aliphatic rings. The van der Waals surface area contributed by atoms with E-state index in [2.05, 4.69) is 21.3 Å². The molecule has 1 saturated carbocycles. The van der Waals surface area contributed by atoms with Crippen molar-refractivity contribution in [2.24, 2.45) is 17.3 Å². The summed E-state index contributed by atoms with van der Waals surface area (Å²) < 4.78 is 0. The number of hydrogen-bond donors (Lipinski definition) is 4. The Morgan fingerprint density at radius 3 is 1.86 bits per heavy atom. The molecule has 37 heavy (non-hydrogen) atoms. The molecule has 0 bridgehead atoms. The summed E-state index contributed by atoms with van der Waals surface area (Å²) in [5, 5.41) is 32.5. The molecular weight excluding hydrogens is 520 g/mol. The van der Waals surface area contributed by atoms with E-state index in [1.165, 1.54) is 36.4 Å². The quantitative estimate of drug-likeness (QED) is 0.228. The number of rotatable bonds is 7. The first-order valence-corrected chi connectivity index (χ1v) is 11.9. The molecule has 14 heteroatoms. The van der Waals surface area contributed by atoms with Gasteiger partial charge in [-0.3, -0.25) is 29.8 Å². The lowest BCUT2D eigenvalue weighted by molar-refractivity contribution is -0.385. The molecule has 1 aliphatic carbocycles. The van der Waals surface area contributed by atoms with Gasteiger partial charge in [-0.15, -0.1) is 0 Å². The van der Waals surface area contributed by atoms with Crippen molar-refractivity contribution in [1.82, 2.24) is 10.6 Å². The lowest BCUT2D eigenvalue weighted by Crippen LogP contribution is -2.55. The number of hydrogen-bond acceptors (Lipinski definition) is 8. The largest absolute Gasteiger partial charge is 0.332 e. The molecule has 2 amide bonds. The smallest absolute Gasteiger partial charge is 0.271 e. The lowest BCUT2D eigenvalue weighted by Gasteiger charge is -2.51. The zero-order valence-electron chi connectivity index (χ0n) is 19.8. The van der Waals surface area contributed by atoms with Crippen molar-refractivity contribution in [3.63, 3.8) is 0 Å². The number of nitrogens with one attached hydrogen (secondary N) is 4. The van der Waals surface area contributed by atoms with Crippen molar-refractivity contribution in [3.8, 4) is 0 Å². The first-order valence-electron chi connectivity index (χ1n) is 11.1. The highest BCUT2D eigenvalue weighted by Crippen LogP contribution is 2.52. The molecule has 0 unspecified atom stereocenters. The Balaban J connectivity index is 1.48. The summed E-state index contributed by atoms with van der Waals surface area (Å²) in [7, 11) is 0. The summed E-state index contributed by atoms with van der Waals surface area (Å²) in [6, 6.07) is 11.5. The van der Waals surface area contributed by atoms with Gasteiger partial charge in [0.25, 0.3) is 11.4 Å². The highest BCUT2D eigenvalue weighted by molar-refractivity contribution is 7.80. The third-order valence-electron chi connectivity index (χ3n) is 6.34. The maximum atomic E-state index is 12.8. The van der Waals surface area contributed by atoms with Crippen molar-refractivity contribution in [2.75, 3.05) is 10.6 Å². The summed E-state index contributed by atoms with van der Waals surface area (Å²) >= 11 is 10.3. The van der Waals surface area contributed by atoms with Gasteiger partial charge in [-0.1, -0.05) is 26.0 Å². The van der Waals surface area contributed by atoms with Crippen LogP contribution in [0.25, 0.3) is 0 Å². The summed E-state index contributed by atoms with van der Waals surface area (Å²) in [6.45, 7) is 3.77. The van der Waals surface area contributed by atoms with Crippen molar-refractivity contribution in [2.45, 2.75) is 26.7 Å². The summed E-state index contributed by atoms with van der Waals surface area (Å²) in [5.74, 6) is -1.15. The van der Waals surface area contributed by atoms with Crippen molar-refractivity contribution in [3.05, 3.63) is 68.8 Å². The highest BCUT2D eigenvalue weighted by Gasteiger charge is 2.52. The number of carbonyl (C=O) groups excluding carboxylic acids is 2. The fourth-order valence-electron chi connectivity index (χ4n) is 4.13. The predicted molar refractivity (Wildman–Crippen MR) is 145 cm³/mol. The van der Waals surface area contributed by atoms with Gasteiger partial charge in [0.05, 0.1) is 9.85 Å². The minimum atomic E-state index is -0.533. The minimum absolute atomic E-state index is 0.00879. The predicted octanol–water partition coefficient (Wildman–Crippen LogP) is 3.88. The molecule has 0 spiro atoms. The monoisotopic (exact) mass is 544 g/mol. The average molecular weight is 545 g/mol. The standard InChI is InChI=1S/C23H24N6O6S2/c1-23(2)13(10-19(30)26-21(36)24-14-5-3-7-16(11-14)28(32)33)9-18(23)20(31)27-22(37)25-15-6-4-8-17(12-15)29(34)35/h3-8,11-13,18H,9-10H2,1-2H3,(H2,24,26,30,36)(H2,25,27,31,37)/t13-,18+/m0/s1. The van der Waals surface area contributed by atoms with E-state index >= 15 is 0 Å². The Hall–Kier alpha value is -4.04. The second-order valence-electron chi connectivity index (χ2n) is 9.07. The van der Waals surface area contributed by atoms with E-state index in [0.717, 1.165) is 0 Å². The number of nitrogens with zero attached hydrogens (tertiary/aromatic N) is 2. The number of thiocarbonyl (C=S) groups is 2. The second kappa shape index (κ2) is 11.3. The second-order valence-corrected chi connectivity index (χ2v) is 9.89. The van der Waals surface area contributed by atoms with Crippen molar-refractivity contribution in [1.29, 1.82) is 0 Å². The van der Waals surface area contributed by atoms with Crippen LogP contribution in [0.1, 0.15) is 26.7 Å². The van der Waals surface area contributed by atoms with Crippen molar-refractivity contribution >= 4 is 69.2 Å². The molecule has 2 aromatic rings. The maximum absolute atomic E-state index is 12.8. The highest BCUT2D eigenvalue weighted by atomic mass is 32.1. The zero-order valence-corrected chi connectivity index (χ0v) is 21.5. The molecule has 0 saturated heterocycles. The third-order valence-corrected chi connectivity index (χ3v) is 6.75. The van der Waals surface area contributed by atoms with Gasteiger partial charge in [0.15, 0.2) is 10.2 Å². The molecule has 3 rings (SSSR count). The molecule has 4 N–H and O–H groups in total. The van der Waals surface area contributed by atoms with Crippen molar-refractivity contribution < 1.29 is 19.4 Å². The number of nitro benzene ring substituents is 2. The lowest BCUT2D eigenvalue weighted by atomic mass is 9.53. The molecule has 0 radical (unpaired) electrons. The van der Waals surface area contributed by atoms with Gasteiger partial charge < -0.3 is 21.3 Å². The molecule has 2 aromatic carbocycles. The molecular formula is C23H24N6O6S2. The Bertz CT molecular complexity index is 1280. The first kappa shape index (κ1) is 27.5. The fraction of sp³-hybridized carbons (Fsp3) is 0.304. The Labute approximate surface area is 222 Å². The van der Waals surface area contributed by atoms with Crippen LogP contribution < -0.4 is 21.3 Å². The average Bonchev–Trinajstić information content (AvgIpc) is 2.81. The summed E-state index contributed by atoms with van der Waals surface area (Å²) in [5.41, 5.74) is 0.0172. The van der Waals surface area contributed by atoms with E-state index in [-0.39, 0.29) is 45.8 Å². The summed E-state index contributed by atoms with van der Waals surface area (Å²) in [6.07, 6.45) is 0.584. The Morgan fingerprint density at radius 1 is 0.919 bits per heavy atom. The van der Waals surface area contributed by atoms with Crippen LogP contribution in [0.2, 0.25) is 0 Å². The van der Waals surface area contributed by atoms with E-state index in [4.69, 9.17) is 24.4 Å². The number of carbonyl (C=O) groups is 2. The van der Waals surface area contributed by atoms with E-state index in [9.17, 15) is 29.8 Å². The van der Waals surface area contributed by atoms with Gasteiger partial charge in [-0.05, 0) is 54.3 Å². The third kappa shape index (κ3) is 7.01. The normalized spacial score (nSPS) is 17.5. The first-order chi connectivity index (χ1) is 17.4. The van der Waals surface area contributed by atoms with E-state index in [1.807, 2.05) is 13.8 Å². The van der Waals surface area contributed by atoms with Gasteiger partial charge in [0.2, 0.25) is 11.8 Å². The Kier molecular flexibility index (Phi) is 8.45. The SMILES string of the molecule is CC1(C)[C@H](CC(=O)NC(=S)Nc2cccc([N+](=O)[O-])c2)C[C@@H]1C(=O)NC(=S)Nc1cccc([N+](=O)[O-])c1. The number of anilines is 2. The van der Waals surface area contributed by atoms with Crippen LogP contribution in [0.5, 0.6) is 0 Å². The van der Waals surface area contributed by atoms with Gasteiger partial charge >= 0.3 is 0 Å². The van der Waals surface area contributed by atoms with Gasteiger partial charge in [0.1, 0.15) is 0 Å². The maximum Gasteiger partial charge on any atom is 0.271 e. The summed E-state index contributed by atoms with van der Waals surface area (Å²) in [4.78, 5) is 46.1. The molecule has 0 aliphatic heterocycles. The number of benzene rings is 2. The van der Waals surface area contributed by atoms with Gasteiger partial charge in [-0.25, -0.2) is 0 Å². The van der Waals surface area contributed by atoms with E-state index in [1.54, 1.807) is 12.1 Å². The van der Waals surface area contributed by atoms with Gasteiger partial charge in [0, 0.05) is 48.0 Å². The van der Waals surface area contributed by atoms with Crippen LogP contribution in [0.4, 0.5) is 22.7 Å². The van der Waals surface area contributed by atoms with Crippen LogP contribution >= 0.6 is 24.4 Å². The van der Waals surface area contributed by atoms with Crippen LogP contribution in [0, 0.1) is 37.5 Å². The molecule has 0 aromatic heterocycles. The van der Waals surface area contributed by atoms with Crippen LogP contribution in [-0.2, 0) is 9.59 Å². The van der Waals surface area contributed by atoms with Crippen LogP contribution in [0.15, 0.2) is 48.5 Å². The molecule has 12 nitrogen and oxygen atoms in total. The molecule has 1 fully saturated rings. The molecule has 2 atom stereocenters.